The van der Waals surface area contributed by atoms with Crippen molar-refractivity contribution in [2.75, 3.05) is 0 Å². The predicted octanol–water partition coefficient (Wildman–Crippen LogP) is 2.95. The van der Waals surface area contributed by atoms with Gasteiger partial charge in [0, 0.05) is 5.56 Å². The lowest BCUT2D eigenvalue weighted by Gasteiger charge is -2.15. The number of hydrogen-bond acceptors (Lipinski definition) is 3. The Morgan fingerprint density at radius 3 is 2.42 bits per heavy atom. The molecule has 0 aliphatic rings. The Morgan fingerprint density at radius 1 is 1.50 bits per heavy atom. The van der Waals surface area contributed by atoms with Crippen molar-refractivity contribution in [2.24, 2.45) is 0 Å². The van der Waals surface area contributed by atoms with Crippen LogP contribution in [0.2, 0.25) is 0 Å². The Balaban J connectivity index is 3.17. The van der Waals surface area contributed by atoms with Crippen LogP contribution in [0.1, 0.15) is 26.3 Å². The molecule has 0 bridgehead atoms. The summed E-state index contributed by atoms with van der Waals surface area (Å²) in [7, 11) is 0. The second-order valence-electron chi connectivity index (χ2n) is 3.65. The van der Waals surface area contributed by atoms with Gasteiger partial charge in [-0.2, -0.15) is 0 Å². The summed E-state index contributed by atoms with van der Waals surface area (Å²) < 4.78 is 0. The Kier molecular flexibility index (Phi) is 2.19. The summed E-state index contributed by atoms with van der Waals surface area (Å²) in [5, 5.41) is 12.6. The first-order chi connectivity index (χ1) is 5.43. The Bertz CT molecular complexity index is 298. The van der Waals surface area contributed by atoms with Crippen LogP contribution in [0.15, 0.2) is 11.4 Å². The summed E-state index contributed by atoms with van der Waals surface area (Å²) in [5.41, 5.74) is 0.681. The molecule has 66 valence electrons. The van der Waals surface area contributed by atoms with Crippen molar-refractivity contribution in [3.63, 3.8) is 0 Å². The fourth-order valence-electron chi connectivity index (χ4n) is 1.01. The van der Waals surface area contributed by atoms with Gasteiger partial charge in [0.2, 0.25) is 0 Å². The molecule has 0 aromatic carbocycles. The smallest absolute Gasteiger partial charge is 0.258 e. The normalized spacial score (nSPS) is 11.6. The largest absolute Gasteiger partial charge is 0.327 e. The van der Waals surface area contributed by atoms with Crippen LogP contribution in [0, 0.1) is 10.1 Å². The van der Waals surface area contributed by atoms with E-state index in [1.165, 1.54) is 11.3 Å². The predicted molar refractivity (Wildman–Crippen MR) is 49.7 cm³/mol. The second-order valence-corrected chi connectivity index (χ2v) is 4.54. The van der Waals surface area contributed by atoms with Crippen LogP contribution in [-0.4, -0.2) is 4.92 Å². The molecule has 0 atom stereocenters. The van der Waals surface area contributed by atoms with Gasteiger partial charge in [-0.05, 0) is 16.9 Å². The quantitative estimate of drug-likeness (QED) is 0.498. The van der Waals surface area contributed by atoms with E-state index in [1.54, 1.807) is 5.38 Å². The van der Waals surface area contributed by atoms with Crippen molar-refractivity contribution < 1.29 is 4.92 Å². The first kappa shape index (κ1) is 9.19. The van der Waals surface area contributed by atoms with Gasteiger partial charge in [-0.15, -0.1) is 0 Å². The molecule has 0 saturated carbocycles. The first-order valence-electron chi connectivity index (χ1n) is 3.65. The van der Waals surface area contributed by atoms with Crippen LogP contribution < -0.4 is 0 Å². The van der Waals surface area contributed by atoms with E-state index in [9.17, 15) is 10.1 Å². The molecule has 0 unspecified atom stereocenters. The van der Waals surface area contributed by atoms with Gasteiger partial charge in [-0.25, -0.2) is 0 Å². The third-order valence-electron chi connectivity index (χ3n) is 1.62. The van der Waals surface area contributed by atoms with Crippen LogP contribution in [0.5, 0.6) is 0 Å². The first-order valence-corrected chi connectivity index (χ1v) is 4.53. The van der Waals surface area contributed by atoms with Crippen molar-refractivity contribution in [3.05, 3.63) is 27.1 Å². The molecule has 0 aliphatic heterocycles. The summed E-state index contributed by atoms with van der Waals surface area (Å²) in [4.78, 5) is 10.2. The van der Waals surface area contributed by atoms with Crippen LogP contribution in [0.3, 0.4) is 0 Å². The highest BCUT2D eigenvalue weighted by Crippen LogP contribution is 2.35. The minimum Gasteiger partial charge on any atom is -0.258 e. The van der Waals surface area contributed by atoms with E-state index in [1.807, 2.05) is 26.8 Å². The summed E-state index contributed by atoms with van der Waals surface area (Å²) in [6, 6.07) is 1.82. The lowest BCUT2D eigenvalue weighted by molar-refractivity contribution is -0.381. The number of nitro groups is 1. The fourth-order valence-corrected chi connectivity index (χ4v) is 1.93. The van der Waals surface area contributed by atoms with Gasteiger partial charge >= 0.3 is 5.00 Å². The van der Waals surface area contributed by atoms with Crippen LogP contribution in [-0.2, 0) is 5.41 Å². The zero-order valence-corrected chi connectivity index (χ0v) is 8.14. The zero-order chi connectivity index (χ0) is 9.35. The molecular weight excluding hydrogens is 174 g/mol. The fraction of sp³-hybridized carbons (Fsp3) is 0.500. The Morgan fingerprint density at radius 2 is 2.08 bits per heavy atom. The molecule has 0 amide bonds. The van der Waals surface area contributed by atoms with Crippen LogP contribution >= 0.6 is 11.3 Å². The van der Waals surface area contributed by atoms with Gasteiger partial charge < -0.3 is 0 Å². The number of rotatable bonds is 1. The summed E-state index contributed by atoms with van der Waals surface area (Å²) in [6.45, 7) is 5.92. The molecular formula is C8H11NO2S. The number of thiophene rings is 1. The van der Waals surface area contributed by atoms with E-state index in [4.69, 9.17) is 0 Å². The standard InChI is InChI=1S/C8H11NO2S/c1-8(2,3)6-4-5-12-7(6)9(10)11/h4-5H,1-3H3. The monoisotopic (exact) mass is 185 g/mol. The second kappa shape index (κ2) is 2.86. The van der Waals surface area contributed by atoms with E-state index >= 15 is 0 Å². The van der Waals surface area contributed by atoms with Crippen molar-refractivity contribution in [2.45, 2.75) is 26.2 Å². The van der Waals surface area contributed by atoms with E-state index in [2.05, 4.69) is 0 Å². The van der Waals surface area contributed by atoms with Crippen molar-refractivity contribution in [1.82, 2.24) is 0 Å². The van der Waals surface area contributed by atoms with Crippen molar-refractivity contribution in [1.29, 1.82) is 0 Å². The molecule has 0 spiro atoms. The highest BCUT2D eigenvalue weighted by atomic mass is 32.1. The molecule has 4 heteroatoms. The lowest BCUT2D eigenvalue weighted by atomic mass is 9.89. The molecule has 0 fully saturated rings. The van der Waals surface area contributed by atoms with Crippen molar-refractivity contribution in [3.8, 4) is 0 Å². The molecule has 0 radical (unpaired) electrons. The minimum atomic E-state index is -0.314. The number of hydrogen-bond donors (Lipinski definition) is 0. The molecule has 1 heterocycles. The van der Waals surface area contributed by atoms with Crippen LogP contribution in [0.4, 0.5) is 5.00 Å². The molecule has 3 nitrogen and oxygen atoms in total. The molecule has 1 aromatic rings. The number of nitrogens with zero attached hydrogens (tertiary/aromatic N) is 1. The SMILES string of the molecule is CC(C)(C)c1ccsc1[N+](=O)[O-]. The third kappa shape index (κ3) is 1.64. The highest BCUT2D eigenvalue weighted by Gasteiger charge is 2.25. The third-order valence-corrected chi connectivity index (χ3v) is 2.48. The van der Waals surface area contributed by atoms with E-state index in [0.29, 0.717) is 0 Å². The average molecular weight is 185 g/mol. The Hall–Kier alpha value is -0.900. The molecule has 0 saturated heterocycles. The van der Waals surface area contributed by atoms with Crippen molar-refractivity contribution >= 4 is 16.3 Å². The lowest BCUT2D eigenvalue weighted by Crippen LogP contribution is -2.11. The van der Waals surface area contributed by atoms with Gasteiger partial charge in [-0.1, -0.05) is 32.1 Å². The van der Waals surface area contributed by atoms with Gasteiger partial charge in [0.25, 0.3) is 0 Å². The molecule has 12 heavy (non-hydrogen) atoms. The minimum absolute atomic E-state index is 0.137. The van der Waals surface area contributed by atoms with Gasteiger partial charge in [0.05, 0.1) is 4.92 Å². The van der Waals surface area contributed by atoms with E-state index in [-0.39, 0.29) is 15.3 Å². The van der Waals surface area contributed by atoms with E-state index < -0.39 is 0 Å². The highest BCUT2D eigenvalue weighted by molar-refractivity contribution is 7.13. The Labute approximate surface area is 75.2 Å². The zero-order valence-electron chi connectivity index (χ0n) is 7.33. The summed E-state index contributed by atoms with van der Waals surface area (Å²) in [5.74, 6) is 0. The molecule has 1 aromatic heterocycles. The summed E-state index contributed by atoms with van der Waals surface area (Å²) >= 11 is 1.19. The van der Waals surface area contributed by atoms with E-state index in [0.717, 1.165) is 5.56 Å². The molecule has 1 rings (SSSR count). The maximum absolute atomic E-state index is 10.5. The maximum atomic E-state index is 10.5. The van der Waals surface area contributed by atoms with Gasteiger partial charge in [0.1, 0.15) is 0 Å². The molecule has 0 N–H and O–H groups in total. The van der Waals surface area contributed by atoms with Crippen LogP contribution in [0.25, 0.3) is 0 Å². The van der Waals surface area contributed by atoms with Gasteiger partial charge in [-0.3, -0.25) is 10.1 Å². The summed E-state index contributed by atoms with van der Waals surface area (Å²) in [6.07, 6.45) is 0. The van der Waals surface area contributed by atoms with Gasteiger partial charge in [0.15, 0.2) is 0 Å². The molecule has 0 aliphatic carbocycles. The maximum Gasteiger partial charge on any atom is 0.327 e. The topological polar surface area (TPSA) is 43.1 Å². The average Bonchev–Trinajstić information content (AvgIpc) is 2.30.